The van der Waals surface area contributed by atoms with Crippen molar-refractivity contribution in [2.24, 2.45) is 0 Å². The molecule has 0 bridgehead atoms. The molecule has 116 valence electrons. The lowest BCUT2D eigenvalue weighted by molar-refractivity contribution is -0.133. The molecule has 0 unspecified atom stereocenters. The molecule has 0 heterocycles. The predicted octanol–water partition coefficient (Wildman–Crippen LogP) is 2.23. The minimum atomic E-state index is -0.236. The maximum atomic E-state index is 12.2. The third-order valence-corrected chi connectivity index (χ3v) is 3.69. The molecule has 0 spiro atoms. The standard InChI is InChI=1S/C15H20ClNO4/c1-3-17(12-4-5-12)14(19)9-21-15-10(8-18)6-11(16)7-13(15)20-2/h6-7,12,18H,3-5,8-9H2,1-2H3. The molecule has 5 nitrogen and oxygen atoms in total. The molecule has 0 saturated heterocycles. The molecule has 1 amide bonds. The third-order valence-electron chi connectivity index (χ3n) is 3.48. The number of benzene rings is 1. The maximum absolute atomic E-state index is 12.2. The zero-order valence-electron chi connectivity index (χ0n) is 12.3. The first-order valence-corrected chi connectivity index (χ1v) is 7.38. The summed E-state index contributed by atoms with van der Waals surface area (Å²) >= 11 is 5.94. The number of hydrogen-bond donors (Lipinski definition) is 1. The predicted molar refractivity (Wildman–Crippen MR) is 79.8 cm³/mol. The molecule has 1 aliphatic carbocycles. The van der Waals surface area contributed by atoms with E-state index >= 15 is 0 Å². The van der Waals surface area contributed by atoms with Crippen LogP contribution in [0.4, 0.5) is 0 Å². The zero-order chi connectivity index (χ0) is 15.4. The van der Waals surface area contributed by atoms with Crippen LogP contribution in [0.15, 0.2) is 12.1 Å². The highest BCUT2D eigenvalue weighted by Gasteiger charge is 2.31. The van der Waals surface area contributed by atoms with Crippen molar-refractivity contribution in [1.29, 1.82) is 0 Å². The summed E-state index contributed by atoms with van der Waals surface area (Å²) in [7, 11) is 1.49. The van der Waals surface area contributed by atoms with Crippen molar-refractivity contribution in [2.45, 2.75) is 32.4 Å². The minimum Gasteiger partial charge on any atom is -0.493 e. The Morgan fingerprint density at radius 1 is 1.48 bits per heavy atom. The molecule has 1 aromatic carbocycles. The van der Waals surface area contributed by atoms with Crippen molar-refractivity contribution >= 4 is 17.5 Å². The van der Waals surface area contributed by atoms with E-state index in [1.165, 1.54) is 7.11 Å². The molecule has 1 aliphatic rings. The van der Waals surface area contributed by atoms with Gasteiger partial charge >= 0.3 is 0 Å². The number of carbonyl (C=O) groups excluding carboxylic acids is 1. The number of carbonyl (C=O) groups is 1. The monoisotopic (exact) mass is 313 g/mol. The number of methoxy groups -OCH3 is 1. The summed E-state index contributed by atoms with van der Waals surface area (Å²) in [4.78, 5) is 14.0. The Morgan fingerprint density at radius 2 is 2.19 bits per heavy atom. The maximum Gasteiger partial charge on any atom is 0.260 e. The number of amides is 1. The lowest BCUT2D eigenvalue weighted by Gasteiger charge is -2.21. The van der Waals surface area contributed by atoms with Crippen molar-refractivity contribution in [3.8, 4) is 11.5 Å². The Morgan fingerprint density at radius 3 is 2.71 bits per heavy atom. The second-order valence-electron chi connectivity index (χ2n) is 4.95. The first kappa shape index (κ1) is 15.9. The van der Waals surface area contributed by atoms with Crippen LogP contribution < -0.4 is 9.47 Å². The van der Waals surface area contributed by atoms with Crippen LogP contribution in [0, 0.1) is 0 Å². The lowest BCUT2D eigenvalue weighted by Crippen LogP contribution is -2.36. The van der Waals surface area contributed by atoms with Crippen LogP contribution in [-0.2, 0) is 11.4 Å². The number of hydrogen-bond acceptors (Lipinski definition) is 4. The smallest absolute Gasteiger partial charge is 0.260 e. The summed E-state index contributed by atoms with van der Waals surface area (Å²) in [5.74, 6) is 0.722. The van der Waals surface area contributed by atoms with Gasteiger partial charge in [0.05, 0.1) is 13.7 Å². The van der Waals surface area contributed by atoms with Crippen molar-refractivity contribution < 1.29 is 19.4 Å². The Bertz CT molecular complexity index is 491. The van der Waals surface area contributed by atoms with Gasteiger partial charge in [0.2, 0.25) is 0 Å². The van der Waals surface area contributed by atoms with Crippen LogP contribution in [0.2, 0.25) is 5.02 Å². The fourth-order valence-electron chi connectivity index (χ4n) is 2.30. The number of aliphatic hydroxyl groups excluding tert-OH is 1. The number of nitrogens with zero attached hydrogens (tertiary/aromatic N) is 1. The van der Waals surface area contributed by atoms with E-state index in [9.17, 15) is 9.90 Å². The molecular weight excluding hydrogens is 294 g/mol. The van der Waals surface area contributed by atoms with Crippen molar-refractivity contribution in [1.82, 2.24) is 4.90 Å². The molecule has 6 heteroatoms. The van der Waals surface area contributed by atoms with Crippen LogP contribution in [0.3, 0.4) is 0 Å². The normalized spacial score (nSPS) is 13.9. The largest absolute Gasteiger partial charge is 0.493 e. The molecule has 0 atom stereocenters. The summed E-state index contributed by atoms with van der Waals surface area (Å²) in [5.41, 5.74) is 0.502. The molecular formula is C15H20ClNO4. The number of ether oxygens (including phenoxy) is 2. The van der Waals surface area contributed by atoms with E-state index in [2.05, 4.69) is 0 Å². The van der Waals surface area contributed by atoms with Gasteiger partial charge in [-0.15, -0.1) is 0 Å². The molecule has 0 radical (unpaired) electrons. The Kier molecular flexibility index (Phi) is 5.31. The molecule has 1 fully saturated rings. The van der Waals surface area contributed by atoms with Crippen molar-refractivity contribution in [2.75, 3.05) is 20.3 Å². The average Bonchev–Trinajstić information content (AvgIpc) is 3.30. The molecule has 2 rings (SSSR count). The molecule has 0 aromatic heterocycles. The van der Waals surface area contributed by atoms with E-state index in [0.29, 0.717) is 34.7 Å². The highest BCUT2D eigenvalue weighted by Crippen LogP contribution is 2.35. The van der Waals surface area contributed by atoms with Gasteiger partial charge < -0.3 is 19.5 Å². The first-order chi connectivity index (χ1) is 10.1. The van der Waals surface area contributed by atoms with Crippen LogP contribution in [0.1, 0.15) is 25.3 Å². The Hall–Kier alpha value is -1.46. The summed E-state index contributed by atoms with van der Waals surface area (Å²) in [6.07, 6.45) is 2.12. The van der Waals surface area contributed by atoms with Gasteiger partial charge in [0.1, 0.15) is 0 Å². The summed E-state index contributed by atoms with van der Waals surface area (Å²) in [5, 5.41) is 9.84. The second-order valence-corrected chi connectivity index (χ2v) is 5.39. The van der Waals surface area contributed by atoms with Crippen LogP contribution >= 0.6 is 11.6 Å². The highest BCUT2D eigenvalue weighted by atomic mass is 35.5. The van der Waals surface area contributed by atoms with E-state index in [1.807, 2.05) is 11.8 Å². The van der Waals surface area contributed by atoms with E-state index in [-0.39, 0.29) is 19.1 Å². The van der Waals surface area contributed by atoms with Gasteiger partial charge in [0.25, 0.3) is 5.91 Å². The minimum absolute atomic E-state index is 0.0547. The van der Waals surface area contributed by atoms with Crippen LogP contribution in [-0.4, -0.2) is 42.2 Å². The molecule has 0 aliphatic heterocycles. The molecule has 1 N–H and O–H groups in total. The summed E-state index contributed by atoms with van der Waals surface area (Å²) < 4.78 is 10.8. The van der Waals surface area contributed by atoms with E-state index in [0.717, 1.165) is 12.8 Å². The zero-order valence-corrected chi connectivity index (χ0v) is 13.0. The Balaban J connectivity index is 2.09. The van der Waals surface area contributed by atoms with E-state index in [1.54, 1.807) is 12.1 Å². The van der Waals surface area contributed by atoms with Gasteiger partial charge in [0, 0.05) is 29.2 Å². The van der Waals surface area contributed by atoms with E-state index in [4.69, 9.17) is 21.1 Å². The Labute approximate surface area is 129 Å². The van der Waals surface area contributed by atoms with Crippen LogP contribution in [0.5, 0.6) is 11.5 Å². The van der Waals surface area contributed by atoms with Gasteiger partial charge in [-0.25, -0.2) is 0 Å². The first-order valence-electron chi connectivity index (χ1n) is 7.00. The molecule has 1 saturated carbocycles. The second kappa shape index (κ2) is 7.00. The van der Waals surface area contributed by atoms with E-state index < -0.39 is 0 Å². The molecule has 1 aromatic rings. The fraction of sp³-hybridized carbons (Fsp3) is 0.533. The van der Waals surface area contributed by atoms with Crippen LogP contribution in [0.25, 0.3) is 0 Å². The van der Waals surface area contributed by atoms with Crippen molar-refractivity contribution in [3.05, 3.63) is 22.7 Å². The van der Waals surface area contributed by atoms with Gasteiger partial charge in [-0.3, -0.25) is 4.79 Å². The fourth-order valence-corrected chi connectivity index (χ4v) is 2.53. The number of aliphatic hydroxyl groups is 1. The number of likely N-dealkylation sites (N-methyl/N-ethyl adjacent to an activating group) is 1. The van der Waals surface area contributed by atoms with Gasteiger partial charge in [0.15, 0.2) is 18.1 Å². The SMILES string of the molecule is CCN(C(=O)COc1c(CO)cc(Cl)cc1OC)C1CC1. The molecule has 21 heavy (non-hydrogen) atoms. The third kappa shape index (κ3) is 3.80. The summed E-state index contributed by atoms with van der Waals surface area (Å²) in [6, 6.07) is 3.55. The topological polar surface area (TPSA) is 59.0 Å². The average molecular weight is 314 g/mol. The van der Waals surface area contributed by atoms with Gasteiger partial charge in [-0.2, -0.15) is 0 Å². The number of rotatable bonds is 7. The lowest BCUT2D eigenvalue weighted by atomic mass is 10.2. The highest BCUT2D eigenvalue weighted by molar-refractivity contribution is 6.30. The number of halogens is 1. The summed E-state index contributed by atoms with van der Waals surface area (Å²) in [6.45, 7) is 2.33. The van der Waals surface area contributed by atoms with Gasteiger partial charge in [-0.05, 0) is 25.8 Å². The van der Waals surface area contributed by atoms with Gasteiger partial charge in [-0.1, -0.05) is 11.6 Å². The van der Waals surface area contributed by atoms with Crippen molar-refractivity contribution in [3.63, 3.8) is 0 Å². The quantitative estimate of drug-likeness (QED) is 0.838.